The van der Waals surface area contributed by atoms with Crippen molar-refractivity contribution in [2.24, 2.45) is 0 Å². The Morgan fingerprint density at radius 2 is 1.82 bits per heavy atom. The molecule has 0 aliphatic carbocycles. The van der Waals surface area contributed by atoms with E-state index in [0.717, 1.165) is 0 Å². The molecule has 0 bridgehead atoms. The SMILES string of the molecule is CCCC(=O)NC(CCC(=O)NCCOCCOC)C(=O)O. The summed E-state index contributed by atoms with van der Waals surface area (Å²) in [5.41, 5.74) is 0. The number of carboxylic acids is 1. The highest BCUT2D eigenvalue weighted by Gasteiger charge is 2.20. The van der Waals surface area contributed by atoms with Crippen LogP contribution in [0, 0.1) is 0 Å². The van der Waals surface area contributed by atoms with Crippen LogP contribution in [0.1, 0.15) is 32.6 Å². The van der Waals surface area contributed by atoms with Gasteiger partial charge in [-0.2, -0.15) is 0 Å². The van der Waals surface area contributed by atoms with Crippen LogP contribution in [0.2, 0.25) is 0 Å². The first-order valence-electron chi connectivity index (χ1n) is 7.36. The highest BCUT2D eigenvalue weighted by molar-refractivity contribution is 5.84. The lowest BCUT2D eigenvalue weighted by molar-refractivity contribution is -0.142. The molecule has 0 spiro atoms. The summed E-state index contributed by atoms with van der Waals surface area (Å²) < 4.78 is 9.98. The molecule has 0 aromatic rings. The van der Waals surface area contributed by atoms with Crippen molar-refractivity contribution in [2.45, 2.75) is 38.6 Å². The van der Waals surface area contributed by atoms with Crippen molar-refractivity contribution in [1.29, 1.82) is 0 Å². The molecule has 22 heavy (non-hydrogen) atoms. The highest BCUT2D eigenvalue weighted by atomic mass is 16.5. The third-order valence-electron chi connectivity index (χ3n) is 2.77. The van der Waals surface area contributed by atoms with Gasteiger partial charge in [-0.25, -0.2) is 4.79 Å². The fourth-order valence-electron chi connectivity index (χ4n) is 1.62. The molecule has 0 aliphatic heterocycles. The van der Waals surface area contributed by atoms with Crippen molar-refractivity contribution in [3.05, 3.63) is 0 Å². The number of hydrogen-bond donors (Lipinski definition) is 3. The number of aliphatic carboxylic acids is 1. The van der Waals surface area contributed by atoms with Gasteiger partial charge < -0.3 is 25.2 Å². The lowest BCUT2D eigenvalue weighted by Gasteiger charge is -2.14. The largest absolute Gasteiger partial charge is 0.480 e. The number of carbonyl (C=O) groups is 3. The fraction of sp³-hybridized carbons (Fsp3) is 0.786. The smallest absolute Gasteiger partial charge is 0.326 e. The quantitative estimate of drug-likeness (QED) is 0.409. The van der Waals surface area contributed by atoms with Gasteiger partial charge in [0.1, 0.15) is 6.04 Å². The van der Waals surface area contributed by atoms with Crippen LogP contribution in [0.5, 0.6) is 0 Å². The number of carbonyl (C=O) groups excluding carboxylic acids is 2. The molecule has 0 radical (unpaired) electrons. The molecule has 0 aromatic heterocycles. The Bertz CT molecular complexity index is 348. The molecular weight excluding hydrogens is 292 g/mol. The number of nitrogens with one attached hydrogen (secondary N) is 2. The van der Waals surface area contributed by atoms with E-state index in [0.29, 0.717) is 32.8 Å². The van der Waals surface area contributed by atoms with Gasteiger partial charge in [0, 0.05) is 26.5 Å². The van der Waals surface area contributed by atoms with E-state index in [1.165, 1.54) is 0 Å². The van der Waals surface area contributed by atoms with Gasteiger partial charge in [0.15, 0.2) is 0 Å². The summed E-state index contributed by atoms with van der Waals surface area (Å²) in [6, 6.07) is -1.04. The van der Waals surface area contributed by atoms with Crippen LogP contribution in [0.3, 0.4) is 0 Å². The molecule has 1 atom stereocenters. The third kappa shape index (κ3) is 11.0. The van der Waals surface area contributed by atoms with Crippen molar-refractivity contribution in [1.82, 2.24) is 10.6 Å². The molecule has 8 heteroatoms. The second-order valence-electron chi connectivity index (χ2n) is 4.70. The number of hydrogen-bond acceptors (Lipinski definition) is 5. The van der Waals surface area contributed by atoms with Crippen molar-refractivity contribution in [3.63, 3.8) is 0 Å². The zero-order valence-electron chi connectivity index (χ0n) is 13.2. The molecule has 0 saturated heterocycles. The van der Waals surface area contributed by atoms with Gasteiger partial charge in [-0.15, -0.1) is 0 Å². The number of rotatable bonds is 13. The minimum atomic E-state index is -1.14. The molecule has 3 N–H and O–H groups in total. The van der Waals surface area contributed by atoms with E-state index in [-0.39, 0.29) is 31.1 Å². The van der Waals surface area contributed by atoms with Crippen molar-refractivity contribution in [3.8, 4) is 0 Å². The molecule has 0 fully saturated rings. The number of amides is 2. The van der Waals surface area contributed by atoms with E-state index in [1.54, 1.807) is 7.11 Å². The predicted molar refractivity (Wildman–Crippen MR) is 79.4 cm³/mol. The van der Waals surface area contributed by atoms with Gasteiger partial charge >= 0.3 is 5.97 Å². The number of carboxylic acid groups (broad SMARTS) is 1. The molecule has 128 valence electrons. The fourth-order valence-corrected chi connectivity index (χ4v) is 1.62. The van der Waals surface area contributed by atoms with E-state index in [2.05, 4.69) is 10.6 Å². The monoisotopic (exact) mass is 318 g/mol. The minimum absolute atomic E-state index is 0.0292. The van der Waals surface area contributed by atoms with Gasteiger partial charge in [0.2, 0.25) is 11.8 Å². The molecule has 2 amide bonds. The maximum absolute atomic E-state index is 11.6. The maximum Gasteiger partial charge on any atom is 0.326 e. The Hall–Kier alpha value is -1.67. The molecule has 0 aromatic carbocycles. The standard InChI is InChI=1S/C14H26N2O6/c1-3-4-13(18)16-11(14(19)20)5-6-12(17)15-7-8-22-10-9-21-2/h11H,3-10H2,1-2H3,(H,15,17)(H,16,18)(H,19,20). The molecule has 0 saturated carbocycles. The van der Waals surface area contributed by atoms with Gasteiger partial charge in [0.05, 0.1) is 19.8 Å². The van der Waals surface area contributed by atoms with Crippen molar-refractivity contribution < 1.29 is 29.0 Å². The Morgan fingerprint density at radius 1 is 1.09 bits per heavy atom. The number of methoxy groups -OCH3 is 1. The topological polar surface area (TPSA) is 114 Å². The van der Waals surface area contributed by atoms with Crippen LogP contribution >= 0.6 is 0 Å². The van der Waals surface area contributed by atoms with Crippen LogP contribution < -0.4 is 10.6 Å². The summed E-state index contributed by atoms with van der Waals surface area (Å²) in [5, 5.41) is 14.0. The maximum atomic E-state index is 11.6. The second kappa shape index (κ2) is 13.0. The van der Waals surface area contributed by atoms with Crippen LogP contribution in [0.15, 0.2) is 0 Å². The van der Waals surface area contributed by atoms with Crippen LogP contribution in [-0.4, -0.2) is 62.4 Å². The Labute approximate surface area is 130 Å². The zero-order chi connectivity index (χ0) is 16.8. The predicted octanol–water partition coefficient (Wildman–Crippen LogP) is -0.0847. The average Bonchev–Trinajstić information content (AvgIpc) is 2.47. The second-order valence-corrected chi connectivity index (χ2v) is 4.70. The van der Waals surface area contributed by atoms with E-state index in [9.17, 15) is 14.4 Å². The van der Waals surface area contributed by atoms with E-state index in [1.807, 2.05) is 6.92 Å². The van der Waals surface area contributed by atoms with Crippen molar-refractivity contribution >= 4 is 17.8 Å². The van der Waals surface area contributed by atoms with Gasteiger partial charge in [0.25, 0.3) is 0 Å². The van der Waals surface area contributed by atoms with Crippen LogP contribution in [0.25, 0.3) is 0 Å². The Balaban J connectivity index is 3.87. The zero-order valence-corrected chi connectivity index (χ0v) is 13.2. The first-order chi connectivity index (χ1) is 10.5. The molecule has 0 aliphatic rings. The van der Waals surface area contributed by atoms with Crippen LogP contribution in [0.4, 0.5) is 0 Å². The third-order valence-corrected chi connectivity index (χ3v) is 2.77. The number of ether oxygens (including phenoxy) is 2. The summed E-state index contributed by atoms with van der Waals surface area (Å²) in [4.78, 5) is 34.0. The van der Waals surface area contributed by atoms with E-state index < -0.39 is 12.0 Å². The molecule has 1 unspecified atom stereocenters. The van der Waals surface area contributed by atoms with Gasteiger partial charge in [-0.1, -0.05) is 6.92 Å². The van der Waals surface area contributed by atoms with Gasteiger partial charge in [-0.05, 0) is 12.8 Å². The Morgan fingerprint density at radius 3 is 2.41 bits per heavy atom. The normalized spacial score (nSPS) is 11.7. The average molecular weight is 318 g/mol. The summed E-state index contributed by atoms with van der Waals surface area (Å²) in [7, 11) is 1.57. The van der Waals surface area contributed by atoms with Crippen molar-refractivity contribution in [2.75, 3.05) is 33.5 Å². The highest BCUT2D eigenvalue weighted by Crippen LogP contribution is 1.99. The molecule has 0 rings (SSSR count). The summed E-state index contributed by atoms with van der Waals surface area (Å²) in [5.74, 6) is -1.73. The lowest BCUT2D eigenvalue weighted by Crippen LogP contribution is -2.41. The Kier molecular flexibility index (Phi) is 12.0. The molecular formula is C14H26N2O6. The van der Waals surface area contributed by atoms with Gasteiger partial charge in [-0.3, -0.25) is 9.59 Å². The molecule has 8 nitrogen and oxygen atoms in total. The summed E-state index contributed by atoms with van der Waals surface area (Å²) in [6.45, 7) is 3.49. The lowest BCUT2D eigenvalue weighted by atomic mass is 10.1. The van der Waals surface area contributed by atoms with E-state index in [4.69, 9.17) is 14.6 Å². The first-order valence-corrected chi connectivity index (χ1v) is 7.36. The first kappa shape index (κ1) is 20.3. The minimum Gasteiger partial charge on any atom is -0.480 e. The summed E-state index contributed by atoms with van der Waals surface area (Å²) >= 11 is 0. The summed E-state index contributed by atoms with van der Waals surface area (Å²) in [6.07, 6.45) is 0.999. The van der Waals surface area contributed by atoms with E-state index >= 15 is 0 Å². The molecule has 0 heterocycles. The van der Waals surface area contributed by atoms with Crippen LogP contribution in [-0.2, 0) is 23.9 Å².